The quantitative estimate of drug-likeness (QED) is 0.818. The van der Waals surface area contributed by atoms with E-state index in [0.717, 1.165) is 5.69 Å². The summed E-state index contributed by atoms with van der Waals surface area (Å²) in [4.78, 5) is 12.7. The van der Waals surface area contributed by atoms with Gasteiger partial charge in [0, 0.05) is 17.3 Å². The van der Waals surface area contributed by atoms with E-state index in [2.05, 4.69) is 5.92 Å². The molecule has 0 aliphatic rings. The van der Waals surface area contributed by atoms with Crippen LogP contribution in [-0.2, 0) is 4.79 Å². The molecule has 3 nitrogen and oxygen atoms in total. The van der Waals surface area contributed by atoms with Gasteiger partial charge in [-0.2, -0.15) is 0 Å². The van der Waals surface area contributed by atoms with Crippen molar-refractivity contribution in [1.82, 2.24) is 0 Å². The second-order valence-electron chi connectivity index (χ2n) is 3.80. The molecule has 0 aliphatic carbocycles. The van der Waals surface area contributed by atoms with E-state index in [1.165, 1.54) is 0 Å². The normalized spacial score (nSPS) is 11.6. The van der Waals surface area contributed by atoms with Crippen LogP contribution in [0.25, 0.3) is 0 Å². The van der Waals surface area contributed by atoms with Crippen molar-refractivity contribution >= 4 is 23.3 Å². The number of rotatable bonds is 5. The Kier molecular flexibility index (Phi) is 4.86. The number of halogens is 1. The van der Waals surface area contributed by atoms with Crippen LogP contribution in [0.1, 0.15) is 6.92 Å². The Morgan fingerprint density at radius 3 is 2.88 bits per heavy atom. The molecule has 1 aromatic rings. The molecule has 0 fully saturated rings. The van der Waals surface area contributed by atoms with Crippen molar-refractivity contribution in [2.45, 2.75) is 6.92 Å². The van der Waals surface area contributed by atoms with Crippen molar-refractivity contribution in [3.8, 4) is 12.3 Å². The summed E-state index contributed by atoms with van der Waals surface area (Å²) in [5.74, 6) is 1.20. The summed E-state index contributed by atoms with van der Waals surface area (Å²) in [6.45, 7) is 2.37. The average molecular weight is 252 g/mol. The summed E-state index contributed by atoms with van der Waals surface area (Å²) in [5, 5.41) is 9.50. The number of hydrogen-bond acceptors (Lipinski definition) is 2. The zero-order valence-electron chi connectivity index (χ0n) is 9.56. The van der Waals surface area contributed by atoms with Crippen LogP contribution in [0.2, 0.25) is 5.02 Å². The molecule has 1 aromatic carbocycles. The van der Waals surface area contributed by atoms with Crippen LogP contribution in [0.15, 0.2) is 24.3 Å². The Morgan fingerprint density at radius 1 is 1.65 bits per heavy atom. The minimum atomic E-state index is -0.839. The Bertz CT molecular complexity index is 439. The predicted octanol–water partition coefficient (Wildman–Crippen LogP) is 2.50. The maximum Gasteiger partial charge on any atom is 0.308 e. The first kappa shape index (κ1) is 13.4. The lowest BCUT2D eigenvalue weighted by molar-refractivity contribution is -0.140. The third kappa shape index (κ3) is 4.01. The first-order valence-electron chi connectivity index (χ1n) is 5.21. The Balaban J connectivity index is 2.86. The van der Waals surface area contributed by atoms with Crippen LogP contribution in [-0.4, -0.2) is 24.2 Å². The average Bonchev–Trinajstić information content (AvgIpc) is 2.28. The fourth-order valence-electron chi connectivity index (χ4n) is 1.45. The zero-order valence-corrected chi connectivity index (χ0v) is 10.3. The molecule has 90 valence electrons. The van der Waals surface area contributed by atoms with Crippen molar-refractivity contribution in [2.24, 2.45) is 5.92 Å². The van der Waals surface area contributed by atoms with E-state index < -0.39 is 11.9 Å². The molecule has 0 saturated heterocycles. The number of carboxylic acid groups (broad SMARTS) is 1. The number of terminal acetylenes is 1. The molecule has 0 heterocycles. The van der Waals surface area contributed by atoms with E-state index in [4.69, 9.17) is 23.1 Å². The molecule has 0 aromatic heterocycles. The first-order chi connectivity index (χ1) is 8.04. The fourth-order valence-corrected chi connectivity index (χ4v) is 1.64. The third-order valence-electron chi connectivity index (χ3n) is 2.37. The van der Waals surface area contributed by atoms with E-state index in [1.807, 2.05) is 17.0 Å². The second kappa shape index (κ2) is 6.17. The van der Waals surface area contributed by atoms with Crippen molar-refractivity contribution in [3.05, 3.63) is 29.3 Å². The Labute approximate surface area is 106 Å². The van der Waals surface area contributed by atoms with E-state index in [9.17, 15) is 4.79 Å². The summed E-state index contributed by atoms with van der Waals surface area (Å²) in [6.07, 6.45) is 5.28. The zero-order chi connectivity index (χ0) is 12.8. The lowest BCUT2D eigenvalue weighted by Crippen LogP contribution is -2.32. The number of aliphatic carboxylic acids is 1. The molecule has 4 heteroatoms. The van der Waals surface area contributed by atoms with Gasteiger partial charge in [0.1, 0.15) is 0 Å². The predicted molar refractivity (Wildman–Crippen MR) is 69.3 cm³/mol. The van der Waals surface area contributed by atoms with Crippen LogP contribution in [0.3, 0.4) is 0 Å². The molecule has 0 spiro atoms. The monoisotopic (exact) mass is 251 g/mol. The van der Waals surface area contributed by atoms with Gasteiger partial charge in [0.15, 0.2) is 0 Å². The molecule has 0 radical (unpaired) electrons. The fraction of sp³-hybridized carbons (Fsp3) is 0.308. The molecule has 1 N–H and O–H groups in total. The molecular formula is C13H14ClNO2. The van der Waals surface area contributed by atoms with Gasteiger partial charge in [-0.25, -0.2) is 0 Å². The van der Waals surface area contributed by atoms with E-state index >= 15 is 0 Å². The van der Waals surface area contributed by atoms with Gasteiger partial charge in [-0.3, -0.25) is 4.79 Å². The van der Waals surface area contributed by atoms with Crippen LogP contribution in [0.4, 0.5) is 5.69 Å². The molecule has 17 heavy (non-hydrogen) atoms. The van der Waals surface area contributed by atoms with Gasteiger partial charge in [-0.15, -0.1) is 6.42 Å². The van der Waals surface area contributed by atoms with Gasteiger partial charge in [0.05, 0.1) is 12.5 Å². The number of carbonyl (C=O) groups is 1. The van der Waals surface area contributed by atoms with Crippen LogP contribution >= 0.6 is 11.6 Å². The number of anilines is 1. The Morgan fingerprint density at radius 2 is 2.35 bits per heavy atom. The van der Waals surface area contributed by atoms with Crippen molar-refractivity contribution in [2.75, 3.05) is 18.0 Å². The maximum atomic E-state index is 10.8. The van der Waals surface area contributed by atoms with Crippen molar-refractivity contribution < 1.29 is 9.90 Å². The summed E-state index contributed by atoms with van der Waals surface area (Å²) >= 11 is 5.89. The standard InChI is InChI=1S/C13H14ClNO2/c1-3-7-15(9-10(2)13(16)17)12-6-4-5-11(14)8-12/h1,4-6,8,10H,7,9H2,2H3,(H,16,17). The minimum Gasteiger partial charge on any atom is -0.481 e. The number of hydrogen-bond donors (Lipinski definition) is 1. The molecule has 0 saturated carbocycles. The van der Waals surface area contributed by atoms with Crippen LogP contribution < -0.4 is 4.90 Å². The highest BCUT2D eigenvalue weighted by Crippen LogP contribution is 2.20. The molecular weight excluding hydrogens is 238 g/mol. The van der Waals surface area contributed by atoms with Gasteiger partial charge >= 0.3 is 5.97 Å². The SMILES string of the molecule is C#CCN(CC(C)C(=O)O)c1cccc(Cl)c1. The van der Waals surface area contributed by atoms with Gasteiger partial charge in [0.2, 0.25) is 0 Å². The van der Waals surface area contributed by atoms with Crippen molar-refractivity contribution in [3.63, 3.8) is 0 Å². The number of carboxylic acids is 1. The second-order valence-corrected chi connectivity index (χ2v) is 4.24. The topological polar surface area (TPSA) is 40.5 Å². The lowest BCUT2D eigenvalue weighted by atomic mass is 10.1. The smallest absolute Gasteiger partial charge is 0.308 e. The third-order valence-corrected chi connectivity index (χ3v) is 2.61. The van der Waals surface area contributed by atoms with Gasteiger partial charge < -0.3 is 10.0 Å². The lowest BCUT2D eigenvalue weighted by Gasteiger charge is -2.24. The number of nitrogens with zero attached hydrogens (tertiary/aromatic N) is 1. The maximum absolute atomic E-state index is 10.8. The van der Waals surface area contributed by atoms with E-state index in [0.29, 0.717) is 18.1 Å². The first-order valence-corrected chi connectivity index (χ1v) is 5.59. The Hall–Kier alpha value is -1.66. The molecule has 0 amide bonds. The van der Waals surface area contributed by atoms with E-state index in [1.54, 1.807) is 19.1 Å². The van der Waals surface area contributed by atoms with Crippen molar-refractivity contribution in [1.29, 1.82) is 0 Å². The number of benzene rings is 1. The summed E-state index contributed by atoms with van der Waals surface area (Å²) in [6, 6.07) is 7.21. The summed E-state index contributed by atoms with van der Waals surface area (Å²) < 4.78 is 0. The van der Waals surface area contributed by atoms with Gasteiger partial charge in [-0.1, -0.05) is 30.5 Å². The van der Waals surface area contributed by atoms with Gasteiger partial charge in [0.25, 0.3) is 0 Å². The van der Waals surface area contributed by atoms with Crippen LogP contribution in [0.5, 0.6) is 0 Å². The van der Waals surface area contributed by atoms with Gasteiger partial charge in [-0.05, 0) is 18.2 Å². The molecule has 1 unspecified atom stereocenters. The molecule has 0 aliphatic heterocycles. The minimum absolute atomic E-state index is 0.359. The molecule has 1 rings (SSSR count). The highest BCUT2D eigenvalue weighted by atomic mass is 35.5. The van der Waals surface area contributed by atoms with E-state index in [-0.39, 0.29) is 0 Å². The molecule has 1 atom stereocenters. The summed E-state index contributed by atoms with van der Waals surface area (Å²) in [5.41, 5.74) is 0.837. The van der Waals surface area contributed by atoms with Crippen LogP contribution in [0, 0.1) is 18.3 Å². The highest BCUT2D eigenvalue weighted by Gasteiger charge is 2.16. The highest BCUT2D eigenvalue weighted by molar-refractivity contribution is 6.30. The molecule has 0 bridgehead atoms. The largest absolute Gasteiger partial charge is 0.481 e. The summed E-state index contributed by atoms with van der Waals surface area (Å²) in [7, 11) is 0.